The van der Waals surface area contributed by atoms with E-state index in [9.17, 15) is 31.1 Å². The summed E-state index contributed by atoms with van der Waals surface area (Å²) in [5, 5.41) is 3.10. The number of benzene rings is 2. The first-order valence-electron chi connectivity index (χ1n) is 10.3. The Balaban J connectivity index is 1.57. The number of carbonyl (C=O) groups excluding carboxylic acids is 1. The molecule has 2 aromatic heterocycles. The molecule has 0 aliphatic carbocycles. The van der Waals surface area contributed by atoms with Gasteiger partial charge in [-0.1, -0.05) is 0 Å². The highest BCUT2D eigenvalue weighted by Gasteiger charge is 2.54. The van der Waals surface area contributed by atoms with Gasteiger partial charge in [0.15, 0.2) is 0 Å². The Hall–Kier alpha value is -3.97. The van der Waals surface area contributed by atoms with Gasteiger partial charge in [-0.15, -0.1) is 13.2 Å². The number of alkyl halides is 6. The molecule has 14 heteroatoms. The zero-order chi connectivity index (χ0) is 26.0. The molecule has 0 radical (unpaired) electrons. The second-order valence-corrected chi connectivity index (χ2v) is 8.18. The van der Waals surface area contributed by atoms with Gasteiger partial charge < -0.3 is 9.88 Å². The van der Waals surface area contributed by atoms with Crippen LogP contribution in [0.3, 0.4) is 0 Å². The molecule has 0 spiro atoms. The SMILES string of the molecule is O=C1[C@H](CC(F)(F)F)[C@H](c2c(F)cc(-c3cnn(C(F)(F)F)c3)cc2F)N1c1ccc2[nH]cnc2c1. The number of nitrogens with zero attached hydrogens (tertiary/aromatic N) is 4. The number of hydrogen-bond acceptors (Lipinski definition) is 3. The van der Waals surface area contributed by atoms with E-state index in [-0.39, 0.29) is 21.5 Å². The lowest BCUT2D eigenvalue weighted by molar-refractivity contribution is -0.212. The normalized spacial score (nSPS) is 18.7. The smallest absolute Gasteiger partial charge is 0.345 e. The quantitative estimate of drug-likeness (QED) is 0.275. The van der Waals surface area contributed by atoms with Crippen molar-refractivity contribution in [3.8, 4) is 11.1 Å². The summed E-state index contributed by atoms with van der Waals surface area (Å²) in [6.45, 7) is 0. The molecule has 3 heterocycles. The number of amides is 1. The van der Waals surface area contributed by atoms with Gasteiger partial charge in [-0.3, -0.25) is 4.79 Å². The summed E-state index contributed by atoms with van der Waals surface area (Å²) < 4.78 is 108. The fraction of sp³-hybridized carbons (Fsp3) is 0.227. The fourth-order valence-corrected chi connectivity index (χ4v) is 4.33. The van der Waals surface area contributed by atoms with Crippen LogP contribution in [-0.2, 0) is 11.1 Å². The topological polar surface area (TPSA) is 66.8 Å². The molecule has 1 N–H and O–H groups in total. The van der Waals surface area contributed by atoms with Crippen LogP contribution in [0.15, 0.2) is 49.1 Å². The number of imidazole rings is 1. The van der Waals surface area contributed by atoms with E-state index in [1.54, 1.807) is 0 Å². The number of hydrogen-bond donors (Lipinski definition) is 1. The Morgan fingerprint density at radius 2 is 1.67 bits per heavy atom. The van der Waals surface area contributed by atoms with Crippen molar-refractivity contribution in [1.82, 2.24) is 19.7 Å². The third kappa shape index (κ3) is 4.05. The summed E-state index contributed by atoms with van der Waals surface area (Å²) in [5.74, 6) is -5.43. The van der Waals surface area contributed by atoms with Crippen LogP contribution in [-0.4, -0.2) is 31.8 Å². The number of halogens is 8. The van der Waals surface area contributed by atoms with Crippen LogP contribution in [0.2, 0.25) is 0 Å². The predicted octanol–water partition coefficient (Wildman–Crippen LogP) is 5.84. The van der Waals surface area contributed by atoms with E-state index in [1.807, 2.05) is 0 Å². The van der Waals surface area contributed by atoms with Gasteiger partial charge in [0.25, 0.3) is 0 Å². The van der Waals surface area contributed by atoms with Gasteiger partial charge in [-0.25, -0.2) is 13.8 Å². The van der Waals surface area contributed by atoms with Crippen molar-refractivity contribution >= 4 is 22.6 Å². The van der Waals surface area contributed by atoms with Crippen LogP contribution >= 0.6 is 0 Å². The van der Waals surface area contributed by atoms with Crippen molar-refractivity contribution in [1.29, 1.82) is 0 Å². The Kier molecular flexibility index (Phi) is 5.30. The first-order valence-corrected chi connectivity index (χ1v) is 10.3. The molecular weight excluding hydrogens is 502 g/mol. The highest BCUT2D eigenvalue weighted by Crippen LogP contribution is 2.49. The van der Waals surface area contributed by atoms with Crippen molar-refractivity contribution in [2.75, 3.05) is 4.90 Å². The number of β-lactam (4-membered cyclic amide) rings is 1. The van der Waals surface area contributed by atoms with Crippen LogP contribution in [0.5, 0.6) is 0 Å². The summed E-state index contributed by atoms with van der Waals surface area (Å²) in [7, 11) is 0. The van der Waals surface area contributed by atoms with Crippen molar-refractivity contribution in [3.05, 3.63) is 66.3 Å². The van der Waals surface area contributed by atoms with Gasteiger partial charge in [0.05, 0.1) is 41.9 Å². The van der Waals surface area contributed by atoms with E-state index >= 15 is 8.78 Å². The fourth-order valence-electron chi connectivity index (χ4n) is 4.33. The Labute approximate surface area is 196 Å². The lowest BCUT2D eigenvalue weighted by atomic mass is 9.78. The first kappa shape index (κ1) is 23.8. The first-order chi connectivity index (χ1) is 16.8. The second kappa shape index (κ2) is 8.03. The number of rotatable bonds is 4. The number of H-pyrrole nitrogens is 1. The average Bonchev–Trinajstić information content (AvgIpc) is 3.45. The van der Waals surface area contributed by atoms with Crippen LogP contribution in [0.25, 0.3) is 22.2 Å². The summed E-state index contributed by atoms with van der Waals surface area (Å²) in [5.41, 5.74) is -0.372. The zero-order valence-electron chi connectivity index (χ0n) is 17.7. The molecule has 4 aromatic rings. The summed E-state index contributed by atoms with van der Waals surface area (Å²) in [4.78, 5) is 20.4. The number of aromatic nitrogens is 4. The maximum Gasteiger partial charge on any atom is 0.504 e. The molecule has 1 aliphatic rings. The zero-order valence-corrected chi connectivity index (χ0v) is 17.7. The number of aromatic amines is 1. The van der Waals surface area contributed by atoms with E-state index in [4.69, 9.17) is 0 Å². The van der Waals surface area contributed by atoms with Crippen LogP contribution in [0, 0.1) is 17.6 Å². The molecule has 6 nitrogen and oxygen atoms in total. The molecule has 2 atom stereocenters. The number of carbonyl (C=O) groups is 1. The van der Waals surface area contributed by atoms with E-state index in [1.165, 1.54) is 24.5 Å². The number of fused-ring (bicyclic) bond motifs is 1. The highest BCUT2D eigenvalue weighted by atomic mass is 19.4. The van der Waals surface area contributed by atoms with Gasteiger partial charge in [0, 0.05) is 23.0 Å². The van der Waals surface area contributed by atoms with E-state index in [0.717, 1.165) is 11.1 Å². The average molecular weight is 515 g/mol. The monoisotopic (exact) mass is 515 g/mol. The van der Waals surface area contributed by atoms with Crippen molar-refractivity contribution in [3.63, 3.8) is 0 Å². The molecular formula is C22H13F8N5O. The number of anilines is 1. The molecule has 188 valence electrons. The Morgan fingerprint density at radius 3 is 2.28 bits per heavy atom. The minimum Gasteiger partial charge on any atom is -0.345 e. The molecule has 0 bridgehead atoms. The van der Waals surface area contributed by atoms with Gasteiger partial charge in [0.2, 0.25) is 5.91 Å². The second-order valence-electron chi connectivity index (χ2n) is 8.18. The molecule has 1 saturated heterocycles. The summed E-state index contributed by atoms with van der Waals surface area (Å²) >= 11 is 0. The molecule has 36 heavy (non-hydrogen) atoms. The Bertz CT molecular complexity index is 1450. The minimum absolute atomic E-state index is 0.0809. The van der Waals surface area contributed by atoms with Crippen LogP contribution < -0.4 is 4.90 Å². The molecule has 5 rings (SSSR count). The molecule has 0 unspecified atom stereocenters. The van der Waals surface area contributed by atoms with E-state index < -0.39 is 54.0 Å². The van der Waals surface area contributed by atoms with Crippen molar-refractivity contribution in [2.45, 2.75) is 24.9 Å². The molecule has 0 saturated carbocycles. The molecule has 1 fully saturated rings. The van der Waals surface area contributed by atoms with Gasteiger partial charge in [-0.05, 0) is 35.9 Å². The van der Waals surface area contributed by atoms with Crippen LogP contribution in [0.1, 0.15) is 18.0 Å². The molecule has 2 aromatic carbocycles. The van der Waals surface area contributed by atoms with Gasteiger partial charge in [-0.2, -0.15) is 23.0 Å². The lowest BCUT2D eigenvalue weighted by Crippen LogP contribution is -2.57. The Morgan fingerprint density at radius 1 is 0.972 bits per heavy atom. The predicted molar refractivity (Wildman–Crippen MR) is 109 cm³/mol. The van der Waals surface area contributed by atoms with Crippen molar-refractivity contribution in [2.24, 2.45) is 5.92 Å². The van der Waals surface area contributed by atoms with E-state index in [2.05, 4.69) is 15.1 Å². The summed E-state index contributed by atoms with van der Waals surface area (Å²) in [6.07, 6.45) is -8.66. The minimum atomic E-state index is -4.86. The maximum atomic E-state index is 15.2. The highest BCUT2D eigenvalue weighted by molar-refractivity contribution is 6.04. The maximum absolute atomic E-state index is 15.2. The van der Waals surface area contributed by atoms with Gasteiger partial charge >= 0.3 is 12.5 Å². The number of nitrogens with one attached hydrogen (secondary N) is 1. The largest absolute Gasteiger partial charge is 0.504 e. The third-order valence-corrected chi connectivity index (χ3v) is 5.90. The van der Waals surface area contributed by atoms with E-state index in [0.29, 0.717) is 29.4 Å². The molecule has 1 amide bonds. The summed E-state index contributed by atoms with van der Waals surface area (Å²) in [6, 6.07) is 4.02. The van der Waals surface area contributed by atoms with Crippen molar-refractivity contribution < 1.29 is 39.9 Å². The third-order valence-electron chi connectivity index (χ3n) is 5.90. The van der Waals surface area contributed by atoms with Crippen LogP contribution in [0.4, 0.5) is 40.8 Å². The van der Waals surface area contributed by atoms with Gasteiger partial charge in [0.1, 0.15) is 11.6 Å². The molecule has 1 aliphatic heterocycles. The standard InChI is InChI=1S/C22H13F8N5O/c23-14-3-10(11-7-33-34(8-11)22(28,29)30)4-15(24)18(14)19-13(6-21(25,26)27)20(36)35(19)12-1-2-16-17(5-12)32-9-31-16/h1-5,7-9,13,19H,6H2,(H,31,32)/t13-,19-/m1/s1. The lowest BCUT2D eigenvalue weighted by Gasteiger charge is -2.47.